The van der Waals surface area contributed by atoms with Crippen molar-refractivity contribution in [2.45, 2.75) is 0 Å². The van der Waals surface area contributed by atoms with Crippen LogP contribution in [0.15, 0.2) is 72.9 Å². The predicted octanol–water partition coefficient (Wildman–Crippen LogP) is 3.45. The molecule has 150 valence electrons. The van der Waals surface area contributed by atoms with E-state index in [9.17, 15) is 4.79 Å². The van der Waals surface area contributed by atoms with Crippen LogP contribution in [-0.2, 0) is 0 Å². The standard InChI is InChI=1S/C24H23N5O/c1-27-12-14-28(15-13-27)24(30)20-17-25-29-22(19-10-6-3-7-11-19)16-21(26-23(20)29)18-8-4-2-5-9-18/h2-11,16-17H,12-15H2,1H3. The summed E-state index contributed by atoms with van der Waals surface area (Å²) in [6, 6.07) is 22.2. The van der Waals surface area contributed by atoms with Gasteiger partial charge < -0.3 is 9.80 Å². The van der Waals surface area contributed by atoms with E-state index in [0.29, 0.717) is 11.2 Å². The maximum Gasteiger partial charge on any atom is 0.259 e. The molecule has 1 amide bonds. The molecule has 4 aromatic rings. The smallest absolute Gasteiger partial charge is 0.259 e. The highest BCUT2D eigenvalue weighted by Gasteiger charge is 2.25. The Morgan fingerprint density at radius 3 is 2.17 bits per heavy atom. The van der Waals surface area contributed by atoms with Gasteiger partial charge in [-0.1, -0.05) is 60.7 Å². The van der Waals surface area contributed by atoms with Crippen LogP contribution in [0.2, 0.25) is 0 Å². The molecule has 0 unspecified atom stereocenters. The lowest BCUT2D eigenvalue weighted by atomic mass is 10.1. The molecule has 1 aliphatic rings. The number of carbonyl (C=O) groups is 1. The molecule has 1 fully saturated rings. The summed E-state index contributed by atoms with van der Waals surface area (Å²) in [6.07, 6.45) is 1.66. The van der Waals surface area contributed by atoms with Gasteiger partial charge in [0.2, 0.25) is 0 Å². The van der Waals surface area contributed by atoms with E-state index in [2.05, 4.69) is 17.0 Å². The summed E-state index contributed by atoms with van der Waals surface area (Å²) in [5, 5.41) is 4.56. The molecule has 1 saturated heterocycles. The predicted molar refractivity (Wildman–Crippen MR) is 117 cm³/mol. The van der Waals surface area contributed by atoms with E-state index >= 15 is 0 Å². The number of hydrogen-bond acceptors (Lipinski definition) is 4. The second-order valence-corrected chi connectivity index (χ2v) is 7.65. The van der Waals surface area contributed by atoms with Crippen molar-refractivity contribution in [2.75, 3.05) is 33.2 Å². The topological polar surface area (TPSA) is 53.7 Å². The second kappa shape index (κ2) is 7.72. The monoisotopic (exact) mass is 397 g/mol. The number of rotatable bonds is 3. The molecule has 2 aromatic heterocycles. The molecule has 6 nitrogen and oxygen atoms in total. The van der Waals surface area contributed by atoms with Gasteiger partial charge in [0.15, 0.2) is 5.65 Å². The van der Waals surface area contributed by atoms with Crippen molar-refractivity contribution in [1.29, 1.82) is 0 Å². The van der Waals surface area contributed by atoms with Gasteiger partial charge in [0.05, 0.1) is 17.6 Å². The van der Waals surface area contributed by atoms with Crippen LogP contribution in [0, 0.1) is 0 Å². The van der Waals surface area contributed by atoms with Gasteiger partial charge in [-0.2, -0.15) is 5.10 Å². The number of benzene rings is 2. The molecule has 2 aromatic carbocycles. The Bertz CT molecular complexity index is 1180. The van der Waals surface area contributed by atoms with E-state index in [0.717, 1.165) is 48.7 Å². The summed E-state index contributed by atoms with van der Waals surface area (Å²) in [6.45, 7) is 3.19. The third-order valence-corrected chi connectivity index (χ3v) is 5.63. The summed E-state index contributed by atoms with van der Waals surface area (Å²) in [5.41, 5.74) is 4.93. The summed E-state index contributed by atoms with van der Waals surface area (Å²) >= 11 is 0. The average Bonchev–Trinajstić information content (AvgIpc) is 3.24. The minimum Gasteiger partial charge on any atom is -0.336 e. The van der Waals surface area contributed by atoms with Gasteiger partial charge >= 0.3 is 0 Å². The number of carbonyl (C=O) groups excluding carboxylic acids is 1. The highest BCUT2D eigenvalue weighted by Crippen LogP contribution is 2.27. The van der Waals surface area contributed by atoms with Crippen molar-refractivity contribution in [1.82, 2.24) is 24.4 Å². The minimum absolute atomic E-state index is 0.00479. The van der Waals surface area contributed by atoms with E-state index in [1.807, 2.05) is 71.6 Å². The van der Waals surface area contributed by atoms with Gasteiger partial charge in [0, 0.05) is 37.3 Å². The third-order valence-electron chi connectivity index (χ3n) is 5.63. The molecule has 0 saturated carbocycles. The van der Waals surface area contributed by atoms with Crippen LogP contribution in [0.4, 0.5) is 0 Å². The second-order valence-electron chi connectivity index (χ2n) is 7.65. The van der Waals surface area contributed by atoms with E-state index in [-0.39, 0.29) is 5.91 Å². The fraction of sp³-hybridized carbons (Fsp3) is 0.208. The first-order chi connectivity index (χ1) is 14.7. The van der Waals surface area contributed by atoms with Gasteiger partial charge in [-0.25, -0.2) is 9.50 Å². The molecule has 5 rings (SSSR count). The number of hydrogen-bond donors (Lipinski definition) is 0. The van der Waals surface area contributed by atoms with Crippen molar-refractivity contribution < 1.29 is 4.79 Å². The zero-order chi connectivity index (χ0) is 20.5. The first-order valence-electron chi connectivity index (χ1n) is 10.2. The largest absolute Gasteiger partial charge is 0.336 e. The maximum absolute atomic E-state index is 13.3. The first kappa shape index (κ1) is 18.5. The van der Waals surface area contributed by atoms with Crippen LogP contribution in [0.25, 0.3) is 28.2 Å². The van der Waals surface area contributed by atoms with Crippen LogP contribution in [0.3, 0.4) is 0 Å². The number of nitrogens with zero attached hydrogens (tertiary/aromatic N) is 5. The molecule has 1 aliphatic heterocycles. The average molecular weight is 397 g/mol. The van der Waals surface area contributed by atoms with Crippen molar-refractivity contribution in [3.8, 4) is 22.5 Å². The molecule has 0 aliphatic carbocycles. The van der Waals surface area contributed by atoms with Crippen molar-refractivity contribution in [3.63, 3.8) is 0 Å². The quantitative estimate of drug-likeness (QED) is 0.531. The van der Waals surface area contributed by atoms with Crippen molar-refractivity contribution >= 4 is 11.6 Å². The van der Waals surface area contributed by atoms with E-state index in [1.54, 1.807) is 10.7 Å². The normalized spacial score (nSPS) is 14.9. The zero-order valence-electron chi connectivity index (χ0n) is 16.9. The molecular formula is C24H23N5O. The molecule has 0 radical (unpaired) electrons. The number of likely N-dealkylation sites (N-methyl/N-ethyl adjacent to an activating group) is 1. The zero-order valence-corrected chi connectivity index (χ0v) is 16.9. The van der Waals surface area contributed by atoms with E-state index in [1.165, 1.54) is 0 Å². The lowest BCUT2D eigenvalue weighted by Crippen LogP contribution is -2.47. The molecule has 0 bridgehead atoms. The Morgan fingerprint density at radius 1 is 0.867 bits per heavy atom. The fourth-order valence-electron chi connectivity index (χ4n) is 3.86. The van der Waals surface area contributed by atoms with Crippen molar-refractivity contribution in [2.24, 2.45) is 0 Å². The number of aromatic nitrogens is 3. The molecule has 0 atom stereocenters. The van der Waals surface area contributed by atoms with Gasteiger partial charge in [-0.15, -0.1) is 0 Å². The molecule has 0 N–H and O–H groups in total. The van der Waals surface area contributed by atoms with Gasteiger partial charge in [0.1, 0.15) is 5.56 Å². The lowest BCUT2D eigenvalue weighted by Gasteiger charge is -2.32. The summed E-state index contributed by atoms with van der Waals surface area (Å²) in [5.74, 6) is -0.00479. The Hall–Kier alpha value is -3.51. The van der Waals surface area contributed by atoms with Crippen LogP contribution >= 0.6 is 0 Å². The molecule has 6 heteroatoms. The number of fused-ring (bicyclic) bond motifs is 1. The highest BCUT2D eigenvalue weighted by molar-refractivity contribution is 6.00. The van der Waals surface area contributed by atoms with E-state index in [4.69, 9.17) is 4.98 Å². The van der Waals surface area contributed by atoms with Crippen LogP contribution in [0.1, 0.15) is 10.4 Å². The first-order valence-corrected chi connectivity index (χ1v) is 10.2. The summed E-state index contributed by atoms with van der Waals surface area (Å²) < 4.78 is 1.78. The van der Waals surface area contributed by atoms with Gasteiger partial charge in [-0.3, -0.25) is 4.79 Å². The van der Waals surface area contributed by atoms with Crippen LogP contribution in [0.5, 0.6) is 0 Å². The van der Waals surface area contributed by atoms with Crippen molar-refractivity contribution in [3.05, 3.63) is 78.5 Å². The highest BCUT2D eigenvalue weighted by atomic mass is 16.2. The molecule has 0 spiro atoms. The Labute approximate surface area is 175 Å². The summed E-state index contributed by atoms with van der Waals surface area (Å²) in [4.78, 5) is 22.3. The van der Waals surface area contributed by atoms with Crippen LogP contribution in [-0.4, -0.2) is 63.5 Å². The molecule has 3 heterocycles. The van der Waals surface area contributed by atoms with Gasteiger partial charge in [0.25, 0.3) is 5.91 Å². The maximum atomic E-state index is 13.3. The molecular weight excluding hydrogens is 374 g/mol. The third kappa shape index (κ3) is 3.35. The minimum atomic E-state index is -0.00479. The Kier molecular flexibility index (Phi) is 4.77. The SMILES string of the molecule is CN1CCN(C(=O)c2cnn3c(-c4ccccc4)cc(-c4ccccc4)nc23)CC1. The fourth-order valence-corrected chi connectivity index (χ4v) is 3.86. The number of piperazine rings is 1. The molecule has 30 heavy (non-hydrogen) atoms. The number of amides is 1. The summed E-state index contributed by atoms with van der Waals surface area (Å²) in [7, 11) is 2.08. The van der Waals surface area contributed by atoms with E-state index < -0.39 is 0 Å². The Morgan fingerprint density at radius 2 is 1.50 bits per heavy atom. The van der Waals surface area contributed by atoms with Crippen LogP contribution < -0.4 is 0 Å². The Balaban J connectivity index is 1.66. The lowest BCUT2D eigenvalue weighted by molar-refractivity contribution is 0.0666. The van der Waals surface area contributed by atoms with Gasteiger partial charge in [-0.05, 0) is 13.1 Å².